The van der Waals surface area contributed by atoms with Crippen molar-refractivity contribution in [1.29, 1.82) is 0 Å². The molecule has 98 valence electrons. The second kappa shape index (κ2) is 5.44. The molecule has 1 aromatic rings. The zero-order valence-electron chi connectivity index (χ0n) is 10.1. The number of rotatable bonds is 2. The van der Waals surface area contributed by atoms with E-state index in [1.165, 1.54) is 13.2 Å². The lowest BCUT2D eigenvalue weighted by Gasteiger charge is -2.32. The van der Waals surface area contributed by atoms with E-state index in [2.05, 4.69) is 5.32 Å². The van der Waals surface area contributed by atoms with Crippen molar-refractivity contribution in [2.45, 2.75) is 25.8 Å². The molecular weight excluding hydrogens is 256 g/mol. The third kappa shape index (κ3) is 2.85. The number of hydrogen-bond donors (Lipinski definition) is 1. The molecule has 0 bridgehead atoms. The van der Waals surface area contributed by atoms with Crippen molar-refractivity contribution < 1.29 is 14.0 Å². The molecule has 18 heavy (non-hydrogen) atoms. The number of carbonyl (C=O) groups excluding carboxylic acids is 2. The van der Waals surface area contributed by atoms with Crippen LogP contribution >= 0.6 is 11.6 Å². The Hall–Kier alpha value is -1.49. The maximum absolute atomic E-state index is 12.2. The second-order valence-corrected chi connectivity index (χ2v) is 4.74. The van der Waals surface area contributed by atoms with Gasteiger partial charge in [0.1, 0.15) is 0 Å². The molecule has 0 spiro atoms. The van der Waals surface area contributed by atoms with Crippen LogP contribution in [0.4, 0.5) is 0 Å². The summed E-state index contributed by atoms with van der Waals surface area (Å²) in [6, 6.07) is 1.58. The average molecular weight is 271 g/mol. The van der Waals surface area contributed by atoms with E-state index in [0.717, 1.165) is 12.8 Å². The predicted octanol–water partition coefficient (Wildman–Crippen LogP) is 1.67. The lowest BCUT2D eigenvalue weighted by atomic mass is 10.0. The van der Waals surface area contributed by atoms with Gasteiger partial charge in [0.2, 0.25) is 11.1 Å². The van der Waals surface area contributed by atoms with Gasteiger partial charge in [0.15, 0.2) is 0 Å². The van der Waals surface area contributed by atoms with E-state index >= 15 is 0 Å². The van der Waals surface area contributed by atoms with Crippen molar-refractivity contribution >= 4 is 23.4 Å². The highest BCUT2D eigenvalue weighted by Crippen LogP contribution is 2.21. The van der Waals surface area contributed by atoms with E-state index in [-0.39, 0.29) is 23.1 Å². The summed E-state index contributed by atoms with van der Waals surface area (Å²) in [7, 11) is 0. The minimum absolute atomic E-state index is 0.0193. The molecule has 1 saturated heterocycles. The van der Waals surface area contributed by atoms with Crippen LogP contribution in [0, 0.1) is 0 Å². The maximum Gasteiger partial charge on any atom is 0.258 e. The first-order valence-electron chi connectivity index (χ1n) is 5.87. The smallest absolute Gasteiger partial charge is 0.258 e. The van der Waals surface area contributed by atoms with Gasteiger partial charge >= 0.3 is 0 Å². The number of halogens is 1. The summed E-state index contributed by atoms with van der Waals surface area (Å²) in [5.41, 5.74) is 0.375. The molecule has 2 amide bonds. The summed E-state index contributed by atoms with van der Waals surface area (Å²) in [5.74, 6) is -0.223. The fourth-order valence-electron chi connectivity index (χ4n) is 2.18. The Labute approximate surface area is 110 Å². The molecule has 1 unspecified atom stereocenters. The lowest BCUT2D eigenvalue weighted by molar-refractivity contribution is -0.120. The SMILES string of the molecule is CC(=O)NC1CCCN(C(=O)c2ccoc2Cl)C1. The first kappa shape index (κ1) is 13.0. The number of nitrogens with one attached hydrogen (secondary N) is 1. The molecule has 1 aliphatic rings. The number of amides is 2. The van der Waals surface area contributed by atoms with Crippen molar-refractivity contribution in [3.05, 3.63) is 23.1 Å². The van der Waals surface area contributed by atoms with Crippen LogP contribution in [0.25, 0.3) is 0 Å². The molecule has 1 N–H and O–H groups in total. The Bertz CT molecular complexity index is 458. The van der Waals surface area contributed by atoms with E-state index in [1.807, 2.05) is 0 Å². The predicted molar refractivity (Wildman–Crippen MR) is 66.5 cm³/mol. The van der Waals surface area contributed by atoms with Crippen LogP contribution < -0.4 is 5.32 Å². The van der Waals surface area contributed by atoms with E-state index in [0.29, 0.717) is 18.7 Å². The number of likely N-dealkylation sites (tertiary alicyclic amines) is 1. The van der Waals surface area contributed by atoms with Gasteiger partial charge in [-0.1, -0.05) is 0 Å². The van der Waals surface area contributed by atoms with Crippen molar-refractivity contribution in [1.82, 2.24) is 10.2 Å². The number of hydrogen-bond acceptors (Lipinski definition) is 3. The van der Waals surface area contributed by atoms with Gasteiger partial charge < -0.3 is 14.6 Å². The topological polar surface area (TPSA) is 62.6 Å². The van der Waals surface area contributed by atoms with Crippen LogP contribution in [0.2, 0.25) is 5.22 Å². The van der Waals surface area contributed by atoms with E-state index in [9.17, 15) is 9.59 Å². The van der Waals surface area contributed by atoms with Crippen LogP contribution in [0.3, 0.4) is 0 Å². The van der Waals surface area contributed by atoms with Crippen molar-refractivity contribution in [3.63, 3.8) is 0 Å². The van der Waals surface area contributed by atoms with Crippen molar-refractivity contribution in [2.75, 3.05) is 13.1 Å². The fraction of sp³-hybridized carbons (Fsp3) is 0.500. The number of nitrogens with zero attached hydrogens (tertiary/aromatic N) is 1. The average Bonchev–Trinajstić information content (AvgIpc) is 2.74. The lowest BCUT2D eigenvalue weighted by Crippen LogP contribution is -2.49. The highest BCUT2D eigenvalue weighted by molar-refractivity contribution is 6.32. The second-order valence-electron chi connectivity index (χ2n) is 4.40. The molecule has 0 saturated carbocycles. The van der Waals surface area contributed by atoms with Crippen molar-refractivity contribution in [2.24, 2.45) is 0 Å². The zero-order valence-corrected chi connectivity index (χ0v) is 10.9. The number of carbonyl (C=O) groups is 2. The van der Waals surface area contributed by atoms with Gasteiger partial charge in [-0.15, -0.1) is 0 Å². The number of furan rings is 1. The summed E-state index contributed by atoms with van der Waals surface area (Å²) in [5, 5.41) is 2.95. The third-order valence-corrected chi connectivity index (χ3v) is 3.26. The Balaban J connectivity index is 2.03. The van der Waals surface area contributed by atoms with Crippen molar-refractivity contribution in [3.8, 4) is 0 Å². The maximum atomic E-state index is 12.2. The molecule has 2 rings (SSSR count). The van der Waals surface area contributed by atoms with Crippen LogP contribution in [0.1, 0.15) is 30.1 Å². The van der Waals surface area contributed by atoms with Crippen LogP contribution in [-0.4, -0.2) is 35.8 Å². The first-order chi connectivity index (χ1) is 8.58. The minimum atomic E-state index is -0.149. The quantitative estimate of drug-likeness (QED) is 0.889. The largest absolute Gasteiger partial charge is 0.452 e. The van der Waals surface area contributed by atoms with Crippen LogP contribution in [0.5, 0.6) is 0 Å². The van der Waals surface area contributed by atoms with Gasteiger partial charge in [-0.25, -0.2) is 0 Å². The first-order valence-corrected chi connectivity index (χ1v) is 6.25. The molecule has 1 atom stereocenters. The summed E-state index contributed by atoms with van der Waals surface area (Å²) in [6.07, 6.45) is 3.15. The Morgan fingerprint density at radius 2 is 2.33 bits per heavy atom. The van der Waals surface area contributed by atoms with Gasteiger partial charge in [0.05, 0.1) is 11.8 Å². The molecule has 2 heterocycles. The van der Waals surface area contributed by atoms with Gasteiger partial charge in [0, 0.05) is 26.1 Å². The molecule has 6 heteroatoms. The third-order valence-electron chi connectivity index (χ3n) is 2.96. The highest BCUT2D eigenvalue weighted by Gasteiger charge is 2.26. The fourth-order valence-corrected chi connectivity index (χ4v) is 2.38. The monoisotopic (exact) mass is 270 g/mol. The molecule has 0 aromatic carbocycles. The minimum Gasteiger partial charge on any atom is -0.452 e. The molecule has 0 radical (unpaired) electrons. The van der Waals surface area contributed by atoms with E-state index in [1.54, 1.807) is 11.0 Å². The molecule has 5 nitrogen and oxygen atoms in total. The normalized spacial score (nSPS) is 19.7. The van der Waals surface area contributed by atoms with E-state index in [4.69, 9.17) is 16.0 Å². The van der Waals surface area contributed by atoms with Gasteiger partial charge in [0.25, 0.3) is 5.91 Å². The molecule has 1 fully saturated rings. The molecular formula is C12H15ClN2O3. The Morgan fingerprint density at radius 3 is 2.94 bits per heavy atom. The molecule has 1 aliphatic heterocycles. The summed E-state index contributed by atoms with van der Waals surface area (Å²) in [4.78, 5) is 24.9. The highest BCUT2D eigenvalue weighted by atomic mass is 35.5. The summed E-state index contributed by atoms with van der Waals surface area (Å²) in [6.45, 7) is 2.67. The Kier molecular flexibility index (Phi) is 3.91. The van der Waals surface area contributed by atoms with Gasteiger partial charge in [-0.05, 0) is 30.5 Å². The Morgan fingerprint density at radius 1 is 1.56 bits per heavy atom. The summed E-state index contributed by atoms with van der Waals surface area (Å²) < 4.78 is 4.92. The van der Waals surface area contributed by atoms with E-state index < -0.39 is 0 Å². The zero-order chi connectivity index (χ0) is 13.1. The molecule has 0 aliphatic carbocycles. The van der Waals surface area contributed by atoms with Crippen LogP contribution in [0.15, 0.2) is 16.7 Å². The molecule has 1 aromatic heterocycles. The van der Waals surface area contributed by atoms with Crippen LogP contribution in [-0.2, 0) is 4.79 Å². The standard InChI is InChI=1S/C12H15ClN2O3/c1-8(16)14-9-3-2-5-15(7-9)12(17)10-4-6-18-11(10)13/h4,6,9H,2-3,5,7H2,1H3,(H,14,16). The number of piperidine rings is 1. The van der Waals surface area contributed by atoms with Gasteiger partial charge in [-0.2, -0.15) is 0 Å². The van der Waals surface area contributed by atoms with Gasteiger partial charge in [-0.3, -0.25) is 9.59 Å². The summed E-state index contributed by atoms with van der Waals surface area (Å²) >= 11 is 5.79.